The number of nitrogens with zero attached hydrogens (tertiary/aromatic N) is 2. The Bertz CT molecular complexity index is 620. The van der Waals surface area contributed by atoms with Crippen LogP contribution in [0.2, 0.25) is 0 Å². The first-order valence-corrected chi connectivity index (χ1v) is 9.17. The predicted octanol–water partition coefficient (Wildman–Crippen LogP) is 1.25. The van der Waals surface area contributed by atoms with Crippen molar-refractivity contribution >= 4 is 23.4 Å². The summed E-state index contributed by atoms with van der Waals surface area (Å²) >= 11 is 1.64. The minimum atomic E-state index is -0.346. The molecule has 1 amide bonds. The van der Waals surface area contributed by atoms with Gasteiger partial charge in [0, 0.05) is 56.1 Å². The molecule has 0 radical (unpaired) electrons. The highest BCUT2D eigenvalue weighted by atomic mass is 32.2. The van der Waals surface area contributed by atoms with Gasteiger partial charge < -0.3 is 16.0 Å². The average molecular weight is 345 g/mol. The van der Waals surface area contributed by atoms with E-state index in [1.54, 1.807) is 11.8 Å². The summed E-state index contributed by atoms with van der Waals surface area (Å²) in [5, 5.41) is 18.3. The van der Waals surface area contributed by atoms with Gasteiger partial charge >= 0.3 is 0 Å². The van der Waals surface area contributed by atoms with Gasteiger partial charge in [0.25, 0.3) is 5.91 Å². The molecule has 1 heterocycles. The Kier molecular flexibility index (Phi) is 7.62. The molecular weight excluding hydrogens is 322 g/mol. The Balaban J connectivity index is 1.82. The zero-order chi connectivity index (χ0) is 17.2. The smallest absolute Gasteiger partial charge is 0.263 e. The number of carbonyl (C=O) groups is 1. The molecule has 1 aliphatic rings. The second kappa shape index (κ2) is 9.98. The lowest BCUT2D eigenvalue weighted by molar-refractivity contribution is -0.117. The molecular formula is C17H23N5OS. The highest BCUT2D eigenvalue weighted by molar-refractivity contribution is 7.98. The van der Waals surface area contributed by atoms with Crippen molar-refractivity contribution in [2.24, 2.45) is 0 Å². The number of amides is 1. The molecule has 0 aliphatic carbocycles. The lowest BCUT2D eigenvalue weighted by atomic mass is 10.2. The van der Waals surface area contributed by atoms with Crippen LogP contribution >= 0.6 is 11.8 Å². The summed E-state index contributed by atoms with van der Waals surface area (Å²) in [4.78, 5) is 15.5. The molecule has 0 atom stereocenters. The van der Waals surface area contributed by atoms with Crippen molar-refractivity contribution < 1.29 is 4.79 Å². The molecule has 0 spiro atoms. The molecule has 2 rings (SSSR count). The second-order valence-corrected chi connectivity index (χ2v) is 6.27. The van der Waals surface area contributed by atoms with E-state index in [0.29, 0.717) is 6.54 Å². The number of benzene rings is 1. The molecule has 0 saturated carbocycles. The summed E-state index contributed by atoms with van der Waals surface area (Å²) in [5.74, 6) is -0.346. The van der Waals surface area contributed by atoms with Crippen molar-refractivity contribution in [3.8, 4) is 6.07 Å². The van der Waals surface area contributed by atoms with Gasteiger partial charge in [-0.3, -0.25) is 9.69 Å². The fourth-order valence-corrected chi connectivity index (χ4v) is 2.83. The Morgan fingerprint density at radius 2 is 2.25 bits per heavy atom. The number of rotatable bonds is 7. The predicted molar refractivity (Wildman–Crippen MR) is 97.9 cm³/mol. The van der Waals surface area contributed by atoms with Crippen molar-refractivity contribution in [3.05, 3.63) is 36.0 Å². The fourth-order valence-electron chi connectivity index (χ4n) is 2.37. The topological polar surface area (TPSA) is 80.2 Å². The molecule has 3 N–H and O–H groups in total. The Labute approximate surface area is 147 Å². The normalized spacial score (nSPS) is 15.6. The summed E-state index contributed by atoms with van der Waals surface area (Å²) in [5.41, 5.74) is 0.924. The zero-order valence-electron chi connectivity index (χ0n) is 13.8. The number of nitriles is 1. The van der Waals surface area contributed by atoms with E-state index in [9.17, 15) is 10.1 Å². The van der Waals surface area contributed by atoms with Crippen LogP contribution in [0.4, 0.5) is 5.69 Å². The van der Waals surface area contributed by atoms with E-state index in [4.69, 9.17) is 0 Å². The minimum absolute atomic E-state index is 0.0739. The van der Waals surface area contributed by atoms with Crippen LogP contribution in [0.5, 0.6) is 0 Å². The van der Waals surface area contributed by atoms with Gasteiger partial charge in [-0.2, -0.15) is 5.26 Å². The largest absolute Gasteiger partial charge is 0.360 e. The molecule has 1 aliphatic heterocycles. The Hall–Kier alpha value is -2.01. The molecule has 1 aromatic rings. The van der Waals surface area contributed by atoms with Gasteiger partial charge in [0.05, 0.1) is 0 Å². The quantitative estimate of drug-likeness (QED) is 0.392. The van der Waals surface area contributed by atoms with E-state index < -0.39 is 0 Å². The van der Waals surface area contributed by atoms with E-state index in [1.165, 1.54) is 6.20 Å². The van der Waals surface area contributed by atoms with Gasteiger partial charge in [0.15, 0.2) is 0 Å². The van der Waals surface area contributed by atoms with Gasteiger partial charge in [-0.1, -0.05) is 6.07 Å². The highest BCUT2D eigenvalue weighted by Crippen LogP contribution is 2.19. The number of hydrogen-bond donors (Lipinski definition) is 3. The van der Waals surface area contributed by atoms with Crippen molar-refractivity contribution in [2.75, 3.05) is 50.8 Å². The summed E-state index contributed by atoms with van der Waals surface area (Å²) < 4.78 is 0. The summed E-state index contributed by atoms with van der Waals surface area (Å²) in [6, 6.07) is 9.75. The van der Waals surface area contributed by atoms with Crippen molar-refractivity contribution in [2.45, 2.75) is 4.90 Å². The third-order valence-electron chi connectivity index (χ3n) is 3.74. The fraction of sp³-hybridized carbons (Fsp3) is 0.412. The third kappa shape index (κ3) is 5.89. The van der Waals surface area contributed by atoms with Gasteiger partial charge in [0.2, 0.25) is 0 Å². The Morgan fingerprint density at radius 1 is 1.46 bits per heavy atom. The molecule has 1 fully saturated rings. The number of hydrogen-bond acceptors (Lipinski definition) is 6. The molecule has 0 bridgehead atoms. The summed E-state index contributed by atoms with van der Waals surface area (Å²) in [6.07, 6.45) is 3.46. The molecule has 7 heteroatoms. The first-order chi connectivity index (χ1) is 11.7. The highest BCUT2D eigenvalue weighted by Gasteiger charge is 2.11. The van der Waals surface area contributed by atoms with E-state index in [-0.39, 0.29) is 11.5 Å². The van der Waals surface area contributed by atoms with Crippen LogP contribution in [0, 0.1) is 11.3 Å². The molecule has 1 aromatic carbocycles. The van der Waals surface area contributed by atoms with Gasteiger partial charge in [-0.05, 0) is 24.5 Å². The van der Waals surface area contributed by atoms with Crippen LogP contribution in [0.25, 0.3) is 0 Å². The molecule has 24 heavy (non-hydrogen) atoms. The molecule has 6 nitrogen and oxygen atoms in total. The monoisotopic (exact) mass is 345 g/mol. The van der Waals surface area contributed by atoms with Gasteiger partial charge in [0.1, 0.15) is 11.6 Å². The number of thioether (sulfide) groups is 1. The van der Waals surface area contributed by atoms with Crippen LogP contribution in [0.3, 0.4) is 0 Å². The van der Waals surface area contributed by atoms with Crippen LogP contribution in [0.1, 0.15) is 0 Å². The second-order valence-electron chi connectivity index (χ2n) is 5.39. The lowest BCUT2D eigenvalue weighted by Gasteiger charge is -2.27. The maximum atomic E-state index is 12.1. The minimum Gasteiger partial charge on any atom is -0.360 e. The zero-order valence-corrected chi connectivity index (χ0v) is 14.7. The first kappa shape index (κ1) is 18.3. The first-order valence-electron chi connectivity index (χ1n) is 7.95. The van der Waals surface area contributed by atoms with Crippen molar-refractivity contribution in [1.29, 1.82) is 5.26 Å². The summed E-state index contributed by atoms with van der Waals surface area (Å²) in [6.45, 7) is 5.29. The molecule has 1 saturated heterocycles. The van der Waals surface area contributed by atoms with Crippen molar-refractivity contribution in [1.82, 2.24) is 15.5 Å². The third-order valence-corrected chi connectivity index (χ3v) is 4.47. The standard InChI is InChI=1S/C17H23N5OS/c1-24-16-4-2-3-15(11-16)21-13-14(12-18)17(23)20-7-10-22-8-5-19-6-9-22/h2-4,11,13,19,21H,5-10H2,1H3,(H,20,23)/b14-13-. The van der Waals surface area contributed by atoms with Crippen LogP contribution < -0.4 is 16.0 Å². The van der Waals surface area contributed by atoms with E-state index >= 15 is 0 Å². The Morgan fingerprint density at radius 3 is 2.96 bits per heavy atom. The SMILES string of the molecule is CSc1cccc(N/C=C(/C#N)C(=O)NCCN2CCNCC2)c1. The average Bonchev–Trinajstić information content (AvgIpc) is 2.63. The number of carbonyl (C=O) groups excluding carboxylic acids is 1. The van der Waals surface area contributed by atoms with Gasteiger partial charge in [-0.25, -0.2) is 0 Å². The lowest BCUT2D eigenvalue weighted by Crippen LogP contribution is -2.46. The maximum absolute atomic E-state index is 12.1. The molecule has 0 unspecified atom stereocenters. The number of nitrogens with one attached hydrogen (secondary N) is 3. The van der Waals surface area contributed by atoms with Gasteiger partial charge in [-0.15, -0.1) is 11.8 Å². The van der Waals surface area contributed by atoms with E-state index in [1.807, 2.05) is 36.6 Å². The summed E-state index contributed by atoms with van der Waals surface area (Å²) in [7, 11) is 0. The number of piperazine rings is 1. The van der Waals surface area contributed by atoms with Crippen LogP contribution in [-0.4, -0.2) is 56.3 Å². The van der Waals surface area contributed by atoms with Crippen LogP contribution in [-0.2, 0) is 4.79 Å². The van der Waals surface area contributed by atoms with E-state index in [2.05, 4.69) is 20.9 Å². The van der Waals surface area contributed by atoms with Crippen molar-refractivity contribution in [3.63, 3.8) is 0 Å². The number of anilines is 1. The van der Waals surface area contributed by atoms with Crippen LogP contribution in [0.15, 0.2) is 40.9 Å². The molecule has 0 aromatic heterocycles. The van der Waals surface area contributed by atoms with E-state index in [0.717, 1.165) is 43.3 Å². The maximum Gasteiger partial charge on any atom is 0.263 e. The molecule has 128 valence electrons.